The Hall–Kier alpha value is -1.03. The zero-order chi connectivity index (χ0) is 22.4. The molecule has 0 atom stereocenters. The van der Waals surface area contributed by atoms with E-state index in [0.717, 1.165) is 49.7 Å². The second kappa shape index (κ2) is 11.2. The van der Waals surface area contributed by atoms with Crippen molar-refractivity contribution in [3.8, 4) is 0 Å². The Kier molecular flexibility index (Phi) is 8.90. The van der Waals surface area contributed by atoms with E-state index < -0.39 is 22.6 Å². The van der Waals surface area contributed by atoms with Gasteiger partial charge < -0.3 is 0 Å². The maximum absolute atomic E-state index is 14.1. The predicted molar refractivity (Wildman–Crippen MR) is 120 cm³/mol. The van der Waals surface area contributed by atoms with Crippen LogP contribution < -0.4 is 0 Å². The van der Waals surface area contributed by atoms with Gasteiger partial charge in [0.15, 0.2) is 0 Å². The standard InChI is InChI=1S/C26H35ClF4/c1-2-3-4-5-18-6-8-19(9-7-18)10-11-20-12-14-21(15-13-20)22-16-23(28)25(24(29)17-22)26(27,30)31/h2-3,16-21H,4-15H2,1H3/b3-2+. The van der Waals surface area contributed by atoms with Gasteiger partial charge in [-0.3, -0.25) is 0 Å². The smallest absolute Gasteiger partial charge is 0.206 e. The molecule has 0 heterocycles. The van der Waals surface area contributed by atoms with Gasteiger partial charge in [-0.15, -0.1) is 0 Å². The minimum absolute atomic E-state index is 0.0332. The normalized spacial score (nSPS) is 27.7. The summed E-state index contributed by atoms with van der Waals surface area (Å²) >= 11 is 4.85. The molecule has 1 aromatic rings. The predicted octanol–water partition coefficient (Wildman–Crippen LogP) is 9.47. The lowest BCUT2D eigenvalue weighted by atomic mass is 9.74. The van der Waals surface area contributed by atoms with Crippen LogP contribution in [0.5, 0.6) is 0 Å². The number of alkyl halides is 3. The Bertz CT molecular complexity index is 700. The van der Waals surface area contributed by atoms with Crippen LogP contribution in [0.25, 0.3) is 0 Å². The summed E-state index contributed by atoms with van der Waals surface area (Å²) in [5.41, 5.74) is -0.863. The molecule has 0 aromatic heterocycles. The molecule has 31 heavy (non-hydrogen) atoms. The van der Waals surface area contributed by atoms with Crippen LogP contribution in [-0.4, -0.2) is 0 Å². The van der Waals surface area contributed by atoms with E-state index in [9.17, 15) is 17.6 Å². The molecule has 0 amide bonds. The van der Waals surface area contributed by atoms with E-state index in [1.54, 1.807) is 0 Å². The van der Waals surface area contributed by atoms with Crippen molar-refractivity contribution in [2.75, 3.05) is 0 Å². The Morgan fingerprint density at radius 2 is 1.29 bits per heavy atom. The first-order valence-electron chi connectivity index (χ1n) is 11.9. The summed E-state index contributed by atoms with van der Waals surface area (Å²) < 4.78 is 54.6. The van der Waals surface area contributed by atoms with Gasteiger partial charge in [0.05, 0.1) is 0 Å². The Balaban J connectivity index is 1.42. The second-order valence-corrected chi connectivity index (χ2v) is 10.2. The fraction of sp³-hybridized carbons (Fsp3) is 0.692. The van der Waals surface area contributed by atoms with Gasteiger partial charge in [-0.2, -0.15) is 8.78 Å². The van der Waals surface area contributed by atoms with Crippen molar-refractivity contribution in [2.24, 2.45) is 17.8 Å². The topological polar surface area (TPSA) is 0 Å². The van der Waals surface area contributed by atoms with E-state index in [2.05, 4.69) is 19.1 Å². The lowest BCUT2D eigenvalue weighted by Gasteiger charge is -2.32. The molecule has 0 aliphatic heterocycles. The van der Waals surface area contributed by atoms with Gasteiger partial charge in [0.25, 0.3) is 0 Å². The van der Waals surface area contributed by atoms with Crippen LogP contribution in [-0.2, 0) is 5.38 Å². The largest absolute Gasteiger partial charge is 0.353 e. The highest BCUT2D eigenvalue weighted by Gasteiger charge is 2.36. The Morgan fingerprint density at radius 3 is 1.74 bits per heavy atom. The number of halogens is 5. The van der Waals surface area contributed by atoms with Crippen molar-refractivity contribution < 1.29 is 17.6 Å². The fourth-order valence-electron chi connectivity index (χ4n) is 5.66. The molecule has 0 radical (unpaired) electrons. The van der Waals surface area contributed by atoms with E-state index in [0.29, 0.717) is 11.5 Å². The molecule has 5 heteroatoms. The van der Waals surface area contributed by atoms with Gasteiger partial charge in [0, 0.05) is 0 Å². The molecule has 0 spiro atoms. The molecule has 0 nitrogen and oxygen atoms in total. The molecule has 3 rings (SSSR count). The molecular formula is C26H35ClF4. The SMILES string of the molecule is C/C=C/CCC1CCC(CCC2CCC(c3cc(F)c(C(F)(F)Cl)c(F)c3)CC2)CC1. The monoisotopic (exact) mass is 458 g/mol. The molecule has 0 unspecified atom stereocenters. The van der Waals surface area contributed by atoms with E-state index in [4.69, 9.17) is 11.6 Å². The van der Waals surface area contributed by atoms with Gasteiger partial charge >= 0.3 is 5.38 Å². The molecule has 2 saturated carbocycles. The van der Waals surface area contributed by atoms with Gasteiger partial charge in [-0.1, -0.05) is 50.7 Å². The highest BCUT2D eigenvalue weighted by molar-refractivity contribution is 6.21. The summed E-state index contributed by atoms with van der Waals surface area (Å²) in [4.78, 5) is 0. The third kappa shape index (κ3) is 6.97. The molecule has 0 saturated heterocycles. The molecule has 0 N–H and O–H groups in total. The zero-order valence-corrected chi connectivity index (χ0v) is 19.2. The first-order chi connectivity index (χ1) is 14.8. The van der Waals surface area contributed by atoms with Crippen LogP contribution in [0.4, 0.5) is 17.6 Å². The fourth-order valence-corrected chi connectivity index (χ4v) is 5.84. The number of hydrogen-bond acceptors (Lipinski definition) is 0. The van der Waals surface area contributed by atoms with Crippen molar-refractivity contribution in [1.29, 1.82) is 0 Å². The summed E-state index contributed by atoms with van der Waals surface area (Å²) in [7, 11) is 0. The number of hydrogen-bond donors (Lipinski definition) is 0. The Morgan fingerprint density at radius 1 is 0.839 bits per heavy atom. The highest BCUT2D eigenvalue weighted by atomic mass is 35.5. The molecule has 2 aliphatic carbocycles. The second-order valence-electron chi connectivity index (χ2n) is 9.69. The van der Waals surface area contributed by atoms with Crippen LogP contribution in [0.3, 0.4) is 0 Å². The third-order valence-corrected chi connectivity index (χ3v) is 7.78. The molecular weight excluding hydrogens is 424 g/mol. The van der Waals surface area contributed by atoms with E-state index in [-0.39, 0.29) is 5.92 Å². The third-order valence-electron chi connectivity index (χ3n) is 7.59. The van der Waals surface area contributed by atoms with E-state index >= 15 is 0 Å². The molecule has 2 fully saturated rings. The number of benzene rings is 1. The van der Waals surface area contributed by atoms with Crippen molar-refractivity contribution in [2.45, 2.75) is 95.3 Å². The van der Waals surface area contributed by atoms with Crippen LogP contribution in [0.1, 0.15) is 101 Å². The Labute approximate surface area is 189 Å². The summed E-state index contributed by atoms with van der Waals surface area (Å²) in [5.74, 6) is -0.0509. The minimum atomic E-state index is -4.03. The zero-order valence-electron chi connectivity index (χ0n) is 18.5. The maximum Gasteiger partial charge on any atom is 0.353 e. The summed E-state index contributed by atoms with van der Waals surface area (Å²) in [6, 6.07) is 2.10. The highest BCUT2D eigenvalue weighted by Crippen LogP contribution is 2.42. The van der Waals surface area contributed by atoms with Gasteiger partial charge in [0.2, 0.25) is 0 Å². The minimum Gasteiger partial charge on any atom is -0.206 e. The molecule has 2 aliphatic rings. The first-order valence-corrected chi connectivity index (χ1v) is 12.3. The van der Waals surface area contributed by atoms with Gasteiger partial charge in [0.1, 0.15) is 17.2 Å². The summed E-state index contributed by atoms with van der Waals surface area (Å²) in [6.07, 6.45) is 18.7. The van der Waals surface area contributed by atoms with E-state index in [1.807, 2.05) is 0 Å². The first kappa shape index (κ1) is 24.6. The van der Waals surface area contributed by atoms with Crippen LogP contribution in [0.15, 0.2) is 24.3 Å². The van der Waals surface area contributed by atoms with E-state index in [1.165, 1.54) is 51.4 Å². The number of allylic oxidation sites excluding steroid dienone is 2. The average Bonchev–Trinajstić information content (AvgIpc) is 2.72. The molecule has 1 aromatic carbocycles. The average molecular weight is 459 g/mol. The van der Waals surface area contributed by atoms with Gasteiger partial charge in [-0.25, -0.2) is 8.78 Å². The molecule has 0 bridgehead atoms. The van der Waals surface area contributed by atoms with Crippen molar-refractivity contribution in [1.82, 2.24) is 0 Å². The van der Waals surface area contributed by atoms with Crippen molar-refractivity contribution >= 4 is 11.6 Å². The van der Waals surface area contributed by atoms with Crippen LogP contribution >= 0.6 is 11.6 Å². The number of rotatable bonds is 8. The lowest BCUT2D eigenvalue weighted by Crippen LogP contribution is -2.18. The summed E-state index contributed by atoms with van der Waals surface area (Å²) in [5, 5.41) is -4.03. The van der Waals surface area contributed by atoms with Crippen LogP contribution in [0.2, 0.25) is 0 Å². The van der Waals surface area contributed by atoms with Crippen LogP contribution in [0, 0.1) is 29.4 Å². The maximum atomic E-state index is 14.1. The molecule has 174 valence electrons. The van der Waals surface area contributed by atoms with Crippen molar-refractivity contribution in [3.05, 3.63) is 47.0 Å². The summed E-state index contributed by atoms with van der Waals surface area (Å²) in [6.45, 7) is 2.08. The van der Waals surface area contributed by atoms with Crippen molar-refractivity contribution in [3.63, 3.8) is 0 Å². The lowest BCUT2D eigenvalue weighted by molar-refractivity contribution is 0.0857. The van der Waals surface area contributed by atoms with Gasteiger partial charge in [-0.05, 0) is 98.4 Å². The quantitative estimate of drug-likeness (QED) is 0.206.